The number of nitrogens with zero attached hydrogens (tertiary/aromatic N) is 1. The summed E-state index contributed by atoms with van der Waals surface area (Å²) in [5.41, 5.74) is 2.52. The van der Waals surface area contributed by atoms with Crippen molar-refractivity contribution in [1.82, 2.24) is 4.90 Å². The highest BCUT2D eigenvalue weighted by atomic mass is 32.1. The van der Waals surface area contributed by atoms with E-state index in [0.717, 1.165) is 45.9 Å². The van der Waals surface area contributed by atoms with Crippen LogP contribution in [-0.4, -0.2) is 43.2 Å². The third-order valence-electron chi connectivity index (χ3n) is 5.50. The molecule has 2 heterocycles. The van der Waals surface area contributed by atoms with Crippen LogP contribution in [0.3, 0.4) is 0 Å². The van der Waals surface area contributed by atoms with Gasteiger partial charge in [0, 0.05) is 22.5 Å². The van der Waals surface area contributed by atoms with Gasteiger partial charge in [-0.3, -0.25) is 9.69 Å². The second kappa shape index (κ2) is 11.6. The molecule has 1 aliphatic heterocycles. The molecule has 190 valence electrons. The molecular weight excluding hydrogens is 474 g/mol. The van der Waals surface area contributed by atoms with Crippen molar-refractivity contribution >= 4 is 23.1 Å². The van der Waals surface area contributed by atoms with Gasteiger partial charge >= 0.3 is 5.97 Å². The number of hydrogen-bond acceptors (Lipinski definition) is 7. The van der Waals surface area contributed by atoms with E-state index in [9.17, 15) is 4.79 Å². The van der Waals surface area contributed by atoms with Crippen LogP contribution in [-0.2, 0) is 19.0 Å². The maximum atomic E-state index is 12.1. The summed E-state index contributed by atoms with van der Waals surface area (Å²) < 4.78 is 23.4. The first-order valence-corrected chi connectivity index (χ1v) is 13.0. The summed E-state index contributed by atoms with van der Waals surface area (Å²) in [5.74, 6) is 1.93. The minimum atomic E-state index is -0.491. The number of thiophene rings is 1. The van der Waals surface area contributed by atoms with Crippen molar-refractivity contribution in [2.45, 2.75) is 39.2 Å². The maximum absolute atomic E-state index is 12.1. The molecule has 1 aromatic heterocycles. The van der Waals surface area contributed by atoms with Crippen LogP contribution in [0.2, 0.25) is 0 Å². The van der Waals surface area contributed by atoms with E-state index < -0.39 is 5.60 Å². The Morgan fingerprint density at radius 2 is 2.00 bits per heavy atom. The van der Waals surface area contributed by atoms with Gasteiger partial charge in [0.1, 0.15) is 30.5 Å². The Bertz CT molecular complexity index is 1180. The first-order chi connectivity index (χ1) is 17.3. The monoisotopic (exact) mass is 507 g/mol. The average Bonchev–Trinajstić information content (AvgIpc) is 3.38. The van der Waals surface area contributed by atoms with Crippen molar-refractivity contribution in [2.24, 2.45) is 0 Å². The molecule has 2 aromatic rings. The molecule has 1 aliphatic carbocycles. The zero-order valence-corrected chi connectivity index (χ0v) is 22.1. The van der Waals surface area contributed by atoms with Crippen LogP contribution in [0.1, 0.15) is 39.2 Å². The quantitative estimate of drug-likeness (QED) is 0.360. The fourth-order valence-corrected chi connectivity index (χ4v) is 4.57. The Labute approximate surface area is 217 Å². The zero-order valence-electron chi connectivity index (χ0n) is 21.3. The van der Waals surface area contributed by atoms with Gasteiger partial charge in [0.25, 0.3) is 0 Å². The van der Waals surface area contributed by atoms with Gasteiger partial charge in [-0.15, -0.1) is 11.3 Å². The Kier molecular flexibility index (Phi) is 8.33. The molecule has 0 saturated heterocycles. The molecule has 0 atom stereocenters. The molecule has 7 heteroatoms. The molecule has 0 radical (unpaired) electrons. The Balaban J connectivity index is 1.43. The number of carbonyl (C=O) groups excluding carboxylic acids is 1. The molecular formula is C29H33NO5S. The number of allylic oxidation sites excluding steroid dienone is 4. The number of rotatable bonds is 9. The van der Waals surface area contributed by atoms with E-state index in [0.29, 0.717) is 18.9 Å². The van der Waals surface area contributed by atoms with Crippen LogP contribution in [0.25, 0.3) is 16.2 Å². The van der Waals surface area contributed by atoms with Crippen LogP contribution in [0.5, 0.6) is 5.75 Å². The molecule has 0 spiro atoms. The minimum absolute atomic E-state index is 0.213. The molecule has 0 N–H and O–H groups in total. The van der Waals surface area contributed by atoms with Crippen LogP contribution in [0.15, 0.2) is 77.8 Å². The molecule has 0 bridgehead atoms. The average molecular weight is 508 g/mol. The van der Waals surface area contributed by atoms with Gasteiger partial charge in [-0.2, -0.15) is 0 Å². The first-order valence-electron chi connectivity index (χ1n) is 12.1. The first kappa shape index (κ1) is 25.8. The molecule has 2 aliphatic rings. The normalized spacial score (nSPS) is 15.4. The largest absolute Gasteiger partial charge is 0.492 e. The standard InChI is InChI=1S/C29H33NO5S/c1-29(2,3)35-28(31)18-30(4)14-15-33-24-13-12-22(17-23(24)27-11-8-16-36-27)26-20-32-19-25(34-26)21-9-6-5-7-10-21/h5-6,8-9,11-13,16-17,19-20H,7,10,14-15,18H2,1-4H3. The van der Waals surface area contributed by atoms with Crippen LogP contribution in [0.4, 0.5) is 0 Å². The summed E-state index contributed by atoms with van der Waals surface area (Å²) in [5, 5.41) is 2.05. The SMILES string of the molecule is CN(CCOc1ccc(C2=COC=C(C3=CC=CCC3)O2)cc1-c1cccs1)CC(=O)OC(C)(C)C. The lowest BCUT2D eigenvalue weighted by Crippen LogP contribution is -2.34. The summed E-state index contributed by atoms with van der Waals surface area (Å²) in [6.07, 6.45) is 11.5. The number of ether oxygens (including phenoxy) is 4. The second-order valence-electron chi connectivity index (χ2n) is 9.72. The minimum Gasteiger partial charge on any atom is -0.492 e. The van der Waals surface area contributed by atoms with Crippen molar-refractivity contribution in [3.63, 3.8) is 0 Å². The Morgan fingerprint density at radius 3 is 2.72 bits per heavy atom. The number of hydrogen-bond donors (Lipinski definition) is 0. The van der Waals surface area contributed by atoms with Gasteiger partial charge in [0.15, 0.2) is 11.5 Å². The summed E-state index contributed by atoms with van der Waals surface area (Å²) in [4.78, 5) is 15.1. The third kappa shape index (κ3) is 7.12. The topological polar surface area (TPSA) is 57.2 Å². The van der Waals surface area contributed by atoms with E-state index in [1.807, 2.05) is 62.4 Å². The fourth-order valence-electron chi connectivity index (χ4n) is 3.82. The highest BCUT2D eigenvalue weighted by Gasteiger charge is 2.20. The highest BCUT2D eigenvalue weighted by Crippen LogP contribution is 2.37. The molecule has 1 aromatic carbocycles. The van der Waals surface area contributed by atoms with Gasteiger partial charge in [0.2, 0.25) is 0 Å². The molecule has 0 amide bonds. The lowest BCUT2D eigenvalue weighted by Gasteiger charge is -2.23. The van der Waals surface area contributed by atoms with E-state index in [4.69, 9.17) is 18.9 Å². The van der Waals surface area contributed by atoms with E-state index in [-0.39, 0.29) is 12.5 Å². The van der Waals surface area contributed by atoms with Crippen molar-refractivity contribution in [2.75, 3.05) is 26.7 Å². The molecule has 0 unspecified atom stereocenters. The molecule has 6 nitrogen and oxygen atoms in total. The van der Waals surface area contributed by atoms with Crippen LogP contribution in [0, 0.1) is 0 Å². The van der Waals surface area contributed by atoms with Gasteiger partial charge in [-0.1, -0.05) is 24.3 Å². The summed E-state index contributed by atoms with van der Waals surface area (Å²) >= 11 is 1.65. The molecule has 4 rings (SSSR count). The van der Waals surface area contributed by atoms with E-state index >= 15 is 0 Å². The maximum Gasteiger partial charge on any atom is 0.320 e. The number of likely N-dealkylation sites (N-methyl/N-ethyl adjacent to an activating group) is 1. The third-order valence-corrected chi connectivity index (χ3v) is 6.40. The Morgan fingerprint density at radius 1 is 1.17 bits per heavy atom. The fraction of sp³-hybridized carbons (Fsp3) is 0.345. The van der Waals surface area contributed by atoms with Crippen molar-refractivity contribution in [3.05, 3.63) is 83.4 Å². The van der Waals surface area contributed by atoms with Gasteiger partial charge in [0.05, 0.1) is 6.54 Å². The lowest BCUT2D eigenvalue weighted by atomic mass is 10.0. The molecule has 36 heavy (non-hydrogen) atoms. The van der Waals surface area contributed by atoms with Gasteiger partial charge < -0.3 is 18.9 Å². The lowest BCUT2D eigenvalue weighted by molar-refractivity contribution is -0.155. The predicted octanol–water partition coefficient (Wildman–Crippen LogP) is 6.53. The second-order valence-corrected chi connectivity index (χ2v) is 10.7. The van der Waals surface area contributed by atoms with Crippen molar-refractivity contribution < 1.29 is 23.7 Å². The van der Waals surface area contributed by atoms with Crippen LogP contribution >= 0.6 is 11.3 Å². The van der Waals surface area contributed by atoms with E-state index in [1.54, 1.807) is 23.9 Å². The highest BCUT2D eigenvalue weighted by molar-refractivity contribution is 7.13. The predicted molar refractivity (Wildman–Crippen MR) is 143 cm³/mol. The Hall–Kier alpha value is -3.29. The van der Waals surface area contributed by atoms with Crippen molar-refractivity contribution in [3.8, 4) is 16.2 Å². The van der Waals surface area contributed by atoms with E-state index in [1.165, 1.54) is 0 Å². The van der Waals surface area contributed by atoms with Gasteiger partial charge in [-0.05, 0) is 75.9 Å². The molecule has 0 fully saturated rings. The van der Waals surface area contributed by atoms with E-state index in [2.05, 4.69) is 24.3 Å². The molecule has 0 saturated carbocycles. The van der Waals surface area contributed by atoms with Gasteiger partial charge in [-0.25, -0.2) is 0 Å². The summed E-state index contributed by atoms with van der Waals surface area (Å²) in [7, 11) is 1.88. The number of esters is 1. The zero-order chi connectivity index (χ0) is 25.5. The number of carbonyl (C=O) groups is 1. The van der Waals surface area contributed by atoms with Crippen LogP contribution < -0.4 is 4.74 Å². The van der Waals surface area contributed by atoms with Crippen molar-refractivity contribution in [1.29, 1.82) is 0 Å². The summed E-state index contributed by atoms with van der Waals surface area (Å²) in [6, 6.07) is 10.1. The smallest absolute Gasteiger partial charge is 0.320 e. The number of benzene rings is 1. The summed E-state index contributed by atoms with van der Waals surface area (Å²) in [6.45, 7) is 6.84.